The van der Waals surface area contributed by atoms with Gasteiger partial charge in [0.25, 0.3) is 5.91 Å². The molecule has 0 radical (unpaired) electrons. The van der Waals surface area contributed by atoms with Gasteiger partial charge in [-0.2, -0.15) is 5.26 Å². The Balaban J connectivity index is 1.37. The smallest absolute Gasteiger partial charge is 0.264 e. The number of allylic oxidation sites excluding steroid dienone is 1. The van der Waals surface area contributed by atoms with E-state index in [2.05, 4.69) is 20.3 Å². The van der Waals surface area contributed by atoms with Crippen LogP contribution in [0.1, 0.15) is 42.1 Å². The van der Waals surface area contributed by atoms with Crippen molar-refractivity contribution in [3.05, 3.63) is 89.9 Å². The average Bonchev–Trinajstić information content (AvgIpc) is 3.27. The zero-order valence-corrected chi connectivity index (χ0v) is 21.6. The van der Waals surface area contributed by atoms with E-state index in [0.717, 1.165) is 25.0 Å². The topological polar surface area (TPSA) is 124 Å². The third-order valence-corrected chi connectivity index (χ3v) is 6.75. The van der Waals surface area contributed by atoms with Crippen LogP contribution >= 0.6 is 0 Å². The summed E-state index contributed by atoms with van der Waals surface area (Å²) >= 11 is 0. The molecule has 3 heterocycles. The lowest BCUT2D eigenvalue weighted by Gasteiger charge is -2.25. The van der Waals surface area contributed by atoms with Crippen LogP contribution in [0.4, 0.5) is 5.82 Å². The number of hydrogen-bond acceptors (Lipinski definition) is 7. The minimum absolute atomic E-state index is 0.0985. The molecule has 1 aliphatic rings. The Labute approximate surface area is 226 Å². The first-order valence-electron chi connectivity index (χ1n) is 12.9. The summed E-state index contributed by atoms with van der Waals surface area (Å²) in [6.45, 7) is 2.71. The number of benzene rings is 2. The van der Waals surface area contributed by atoms with Gasteiger partial charge in [-0.1, -0.05) is 24.3 Å². The molecule has 2 aromatic carbocycles. The fraction of sp³-hybridized carbons (Fsp3) is 0.233. The number of carbonyl (C=O) groups is 2. The van der Waals surface area contributed by atoms with E-state index < -0.39 is 0 Å². The molecule has 1 amide bonds. The molecule has 0 spiro atoms. The number of anilines is 1. The molecule has 1 atom stereocenters. The molecule has 39 heavy (non-hydrogen) atoms. The Kier molecular flexibility index (Phi) is 7.64. The Bertz CT molecular complexity index is 1550. The summed E-state index contributed by atoms with van der Waals surface area (Å²) in [6, 6.07) is 18.3. The molecule has 1 unspecified atom stereocenters. The molecule has 2 N–H and O–H groups in total. The summed E-state index contributed by atoms with van der Waals surface area (Å²) in [7, 11) is 0. The normalized spacial score (nSPS) is 15.8. The number of carbonyl (C=O) groups excluding carboxylic acids is 2. The van der Waals surface area contributed by atoms with Crippen molar-refractivity contribution in [2.45, 2.75) is 32.2 Å². The lowest BCUT2D eigenvalue weighted by molar-refractivity contribution is -0.126. The van der Waals surface area contributed by atoms with Crippen LogP contribution in [-0.4, -0.2) is 50.7 Å². The van der Waals surface area contributed by atoms with E-state index in [1.54, 1.807) is 48.4 Å². The molecule has 4 aromatic rings. The fourth-order valence-electron chi connectivity index (χ4n) is 4.75. The second kappa shape index (κ2) is 11.6. The van der Waals surface area contributed by atoms with Gasteiger partial charge in [0.15, 0.2) is 5.78 Å². The Morgan fingerprint density at radius 3 is 2.62 bits per heavy atom. The number of ether oxygens (including phenoxy) is 1. The maximum absolute atomic E-state index is 13.5. The molecule has 9 heteroatoms. The van der Waals surface area contributed by atoms with E-state index in [-0.39, 0.29) is 23.3 Å². The first kappa shape index (κ1) is 25.7. The van der Waals surface area contributed by atoms with Crippen molar-refractivity contribution < 1.29 is 14.3 Å². The molecule has 0 bridgehead atoms. The summed E-state index contributed by atoms with van der Waals surface area (Å²) in [5.74, 6) is 1.44. The standard InChI is InChI=1S/C30H28N6O3/c1-2-20(16-31)30(38)36-15-7-6-8-22(18-36)35-29-26-25(17-32-28(26)33-19-34-29)27(37)21-11-13-24(14-12-21)39-23-9-4-3-5-10-23/h2-5,9-14,17,19,22H,6-8,15,18H2,1H3,(H2,32,33,34,35)/b20-2+. The average molecular weight is 521 g/mol. The minimum atomic E-state index is -0.265. The van der Waals surface area contributed by atoms with Crippen LogP contribution in [-0.2, 0) is 4.79 Å². The molecule has 196 valence electrons. The Morgan fingerprint density at radius 1 is 1.10 bits per heavy atom. The Morgan fingerprint density at radius 2 is 1.87 bits per heavy atom. The lowest BCUT2D eigenvalue weighted by Crippen LogP contribution is -2.40. The van der Waals surface area contributed by atoms with Gasteiger partial charge in [-0.3, -0.25) is 9.59 Å². The largest absolute Gasteiger partial charge is 0.457 e. The van der Waals surface area contributed by atoms with Crippen molar-refractivity contribution in [1.82, 2.24) is 19.9 Å². The number of fused-ring (bicyclic) bond motifs is 1. The first-order chi connectivity index (χ1) is 19.1. The van der Waals surface area contributed by atoms with E-state index in [1.165, 1.54) is 6.33 Å². The summed E-state index contributed by atoms with van der Waals surface area (Å²) in [5, 5.41) is 13.4. The van der Waals surface area contributed by atoms with E-state index >= 15 is 0 Å². The van der Waals surface area contributed by atoms with E-state index in [1.807, 2.05) is 36.4 Å². The van der Waals surface area contributed by atoms with Gasteiger partial charge in [-0.05, 0) is 62.6 Å². The van der Waals surface area contributed by atoms with Crippen LogP contribution in [0.15, 0.2) is 78.8 Å². The van der Waals surface area contributed by atoms with Crippen LogP contribution in [0.3, 0.4) is 0 Å². The van der Waals surface area contributed by atoms with Crippen molar-refractivity contribution >= 4 is 28.5 Å². The molecule has 1 saturated heterocycles. The summed E-state index contributed by atoms with van der Waals surface area (Å²) in [4.78, 5) is 39.9. The maximum Gasteiger partial charge on any atom is 0.264 e. The molecule has 0 aliphatic carbocycles. The zero-order chi connectivity index (χ0) is 27.2. The van der Waals surface area contributed by atoms with Crippen LogP contribution in [0.25, 0.3) is 11.0 Å². The van der Waals surface area contributed by atoms with Crippen LogP contribution < -0.4 is 10.1 Å². The Hall–Kier alpha value is -4.97. The van der Waals surface area contributed by atoms with Gasteiger partial charge >= 0.3 is 0 Å². The quantitative estimate of drug-likeness (QED) is 0.194. The molecular formula is C30H28N6O3. The number of rotatable bonds is 7. The van der Waals surface area contributed by atoms with Gasteiger partial charge in [0.1, 0.15) is 40.9 Å². The molecule has 2 aromatic heterocycles. The van der Waals surface area contributed by atoms with Crippen molar-refractivity contribution in [1.29, 1.82) is 5.26 Å². The van der Waals surface area contributed by atoms with Gasteiger partial charge in [0, 0.05) is 30.9 Å². The predicted molar refractivity (Wildman–Crippen MR) is 147 cm³/mol. The fourth-order valence-corrected chi connectivity index (χ4v) is 4.75. The van der Waals surface area contributed by atoms with Gasteiger partial charge in [0.05, 0.1) is 10.9 Å². The molecular weight excluding hydrogens is 492 g/mol. The monoisotopic (exact) mass is 520 g/mol. The highest BCUT2D eigenvalue weighted by Crippen LogP contribution is 2.28. The van der Waals surface area contributed by atoms with Gasteiger partial charge in [0.2, 0.25) is 0 Å². The van der Waals surface area contributed by atoms with Crippen molar-refractivity contribution in [3.8, 4) is 17.6 Å². The molecule has 5 rings (SSSR count). The van der Waals surface area contributed by atoms with Gasteiger partial charge in [-0.15, -0.1) is 0 Å². The minimum Gasteiger partial charge on any atom is -0.457 e. The maximum atomic E-state index is 13.5. The zero-order valence-electron chi connectivity index (χ0n) is 21.6. The SMILES string of the molecule is C/C=C(\C#N)C(=O)N1CCCCC(Nc2ncnc3[nH]cc(C(=O)c4ccc(Oc5ccccc5)cc4)c23)C1. The molecule has 1 fully saturated rings. The van der Waals surface area contributed by atoms with Crippen LogP contribution in [0.5, 0.6) is 11.5 Å². The summed E-state index contributed by atoms with van der Waals surface area (Å²) in [5.41, 5.74) is 1.64. The first-order valence-corrected chi connectivity index (χ1v) is 12.9. The number of nitrogens with one attached hydrogen (secondary N) is 2. The second-order valence-corrected chi connectivity index (χ2v) is 9.32. The van der Waals surface area contributed by atoms with Crippen molar-refractivity contribution in [3.63, 3.8) is 0 Å². The van der Waals surface area contributed by atoms with Crippen LogP contribution in [0.2, 0.25) is 0 Å². The number of para-hydroxylation sites is 1. The number of aromatic nitrogens is 3. The third-order valence-electron chi connectivity index (χ3n) is 6.75. The van der Waals surface area contributed by atoms with Gasteiger partial charge in [-0.25, -0.2) is 9.97 Å². The number of amides is 1. The van der Waals surface area contributed by atoms with Crippen molar-refractivity contribution in [2.75, 3.05) is 18.4 Å². The lowest BCUT2D eigenvalue weighted by atomic mass is 10.0. The molecule has 0 saturated carbocycles. The highest BCUT2D eigenvalue weighted by atomic mass is 16.5. The number of ketones is 1. The van der Waals surface area contributed by atoms with E-state index in [9.17, 15) is 14.9 Å². The number of nitrogens with zero attached hydrogens (tertiary/aromatic N) is 4. The van der Waals surface area contributed by atoms with Gasteiger partial charge < -0.3 is 19.9 Å². The summed E-state index contributed by atoms with van der Waals surface area (Å²) < 4.78 is 5.85. The number of likely N-dealkylation sites (tertiary alicyclic amines) is 1. The highest BCUT2D eigenvalue weighted by molar-refractivity contribution is 6.18. The van der Waals surface area contributed by atoms with Crippen molar-refractivity contribution in [2.24, 2.45) is 0 Å². The number of aromatic amines is 1. The summed E-state index contributed by atoms with van der Waals surface area (Å²) in [6.07, 6.45) is 7.23. The number of H-pyrrole nitrogens is 1. The second-order valence-electron chi connectivity index (χ2n) is 9.32. The predicted octanol–water partition coefficient (Wildman–Crippen LogP) is 5.24. The highest BCUT2D eigenvalue weighted by Gasteiger charge is 2.26. The van der Waals surface area contributed by atoms with E-state index in [4.69, 9.17) is 4.74 Å². The van der Waals surface area contributed by atoms with E-state index in [0.29, 0.717) is 46.8 Å². The molecule has 9 nitrogen and oxygen atoms in total. The van der Waals surface area contributed by atoms with Crippen LogP contribution in [0, 0.1) is 11.3 Å². The molecule has 1 aliphatic heterocycles. The number of hydrogen-bond donors (Lipinski definition) is 2. The number of nitriles is 1. The third kappa shape index (κ3) is 5.65.